The lowest BCUT2D eigenvalue weighted by Crippen LogP contribution is -2.56. The van der Waals surface area contributed by atoms with Gasteiger partial charge in [-0.3, -0.25) is 4.18 Å². The van der Waals surface area contributed by atoms with Crippen LogP contribution in [0.4, 0.5) is 13.2 Å². The first kappa shape index (κ1) is 25.7. The smallest absolute Gasteiger partial charge is 0.370 e. The Labute approximate surface area is 193 Å². The van der Waals surface area contributed by atoms with Crippen LogP contribution in [0.3, 0.4) is 0 Å². The average molecular weight is 487 g/mol. The summed E-state index contributed by atoms with van der Waals surface area (Å²) in [6.45, 7) is 5.94. The first-order valence-corrected chi connectivity index (χ1v) is 12.1. The van der Waals surface area contributed by atoms with Crippen molar-refractivity contribution in [3.63, 3.8) is 0 Å². The summed E-state index contributed by atoms with van der Waals surface area (Å²) in [7, 11) is -5.81. The standard InChI is InChI=1S/C24H29F3O5S/c1-17-21(30-15-18-10-6-4-7-11-18)22(31-16-19-12-8-5-9-13-19)20(14-23(17,2)3)32-33(28,29)24(25,26)27/h4-13,17,20-22H,14-16H2,1-3H3/t17-,20+,21-,22+/m1/s1. The third kappa shape index (κ3) is 6.35. The molecule has 0 amide bonds. The molecule has 0 aromatic heterocycles. The summed E-state index contributed by atoms with van der Waals surface area (Å²) in [5, 5.41) is 0. The second kappa shape index (κ2) is 10.1. The van der Waals surface area contributed by atoms with E-state index in [0.29, 0.717) is 0 Å². The molecule has 3 rings (SSSR count). The number of benzene rings is 2. The van der Waals surface area contributed by atoms with Gasteiger partial charge in [-0.25, -0.2) is 0 Å². The van der Waals surface area contributed by atoms with E-state index in [2.05, 4.69) is 0 Å². The number of alkyl halides is 3. The molecule has 2 aromatic carbocycles. The van der Waals surface area contributed by atoms with Crippen LogP contribution in [0.25, 0.3) is 0 Å². The molecule has 1 aliphatic rings. The Morgan fingerprint density at radius 3 is 1.79 bits per heavy atom. The quantitative estimate of drug-likeness (QED) is 0.366. The Bertz CT molecular complexity index is 994. The van der Waals surface area contributed by atoms with E-state index >= 15 is 0 Å². The maximum absolute atomic E-state index is 13.1. The minimum absolute atomic E-state index is 0.0636. The highest BCUT2D eigenvalue weighted by Crippen LogP contribution is 2.45. The van der Waals surface area contributed by atoms with Crippen LogP contribution in [0.2, 0.25) is 0 Å². The molecule has 0 radical (unpaired) electrons. The lowest BCUT2D eigenvalue weighted by Gasteiger charge is -2.49. The first-order valence-electron chi connectivity index (χ1n) is 10.7. The molecular formula is C24H29F3O5S. The van der Waals surface area contributed by atoms with Gasteiger partial charge < -0.3 is 9.47 Å². The molecule has 0 heterocycles. The second-order valence-electron chi connectivity index (χ2n) is 9.04. The number of ether oxygens (including phenoxy) is 2. The van der Waals surface area contributed by atoms with Crippen molar-refractivity contribution in [3.05, 3.63) is 71.8 Å². The molecule has 5 nitrogen and oxygen atoms in total. The minimum atomic E-state index is -5.81. The number of rotatable bonds is 8. The van der Waals surface area contributed by atoms with Gasteiger partial charge in [-0.2, -0.15) is 21.6 Å². The lowest BCUT2D eigenvalue weighted by atomic mass is 9.66. The summed E-state index contributed by atoms with van der Waals surface area (Å²) in [6.07, 6.45) is -3.00. The van der Waals surface area contributed by atoms with E-state index in [4.69, 9.17) is 13.7 Å². The zero-order valence-electron chi connectivity index (χ0n) is 18.8. The molecule has 1 fully saturated rings. The van der Waals surface area contributed by atoms with Crippen LogP contribution in [0, 0.1) is 11.3 Å². The molecule has 0 aliphatic heterocycles. The van der Waals surface area contributed by atoms with Crippen molar-refractivity contribution in [2.75, 3.05) is 0 Å². The molecule has 33 heavy (non-hydrogen) atoms. The van der Waals surface area contributed by atoms with E-state index in [1.54, 1.807) is 0 Å². The van der Waals surface area contributed by atoms with Gasteiger partial charge in [-0.15, -0.1) is 0 Å². The van der Waals surface area contributed by atoms with Gasteiger partial charge in [0, 0.05) is 0 Å². The van der Waals surface area contributed by atoms with Crippen molar-refractivity contribution in [2.45, 2.75) is 64.2 Å². The van der Waals surface area contributed by atoms with E-state index < -0.39 is 39.4 Å². The summed E-state index contributed by atoms with van der Waals surface area (Å²) in [6, 6.07) is 18.4. The van der Waals surface area contributed by atoms with Gasteiger partial charge in [0.15, 0.2) is 0 Å². The van der Waals surface area contributed by atoms with Crippen molar-refractivity contribution in [1.82, 2.24) is 0 Å². The zero-order chi connectivity index (χ0) is 24.3. The van der Waals surface area contributed by atoms with Crippen molar-refractivity contribution >= 4 is 10.1 Å². The van der Waals surface area contributed by atoms with Crippen LogP contribution in [-0.4, -0.2) is 32.2 Å². The normalized spacial score (nSPS) is 25.6. The minimum Gasteiger partial charge on any atom is -0.370 e. The highest BCUT2D eigenvalue weighted by Gasteiger charge is 2.54. The fraction of sp³-hybridized carbons (Fsp3) is 0.500. The van der Waals surface area contributed by atoms with E-state index in [0.717, 1.165) is 11.1 Å². The van der Waals surface area contributed by atoms with E-state index in [1.165, 1.54) is 0 Å². The predicted octanol–water partition coefficient (Wildman–Crippen LogP) is 5.46. The highest BCUT2D eigenvalue weighted by molar-refractivity contribution is 7.87. The fourth-order valence-electron chi connectivity index (χ4n) is 4.04. The predicted molar refractivity (Wildman–Crippen MR) is 117 cm³/mol. The Morgan fingerprint density at radius 1 is 0.879 bits per heavy atom. The Balaban J connectivity index is 1.90. The molecule has 9 heteroatoms. The van der Waals surface area contributed by atoms with Gasteiger partial charge in [0.05, 0.1) is 19.3 Å². The molecule has 0 saturated heterocycles. The fourth-order valence-corrected chi connectivity index (χ4v) is 4.65. The van der Waals surface area contributed by atoms with Crippen LogP contribution in [-0.2, 0) is 37.0 Å². The van der Waals surface area contributed by atoms with E-state index in [1.807, 2.05) is 81.4 Å². The van der Waals surface area contributed by atoms with Gasteiger partial charge in [0.25, 0.3) is 0 Å². The number of hydrogen-bond donors (Lipinski definition) is 0. The summed E-state index contributed by atoms with van der Waals surface area (Å²) >= 11 is 0. The summed E-state index contributed by atoms with van der Waals surface area (Å²) in [5.41, 5.74) is -4.39. The molecular weight excluding hydrogens is 457 g/mol. The van der Waals surface area contributed by atoms with Crippen molar-refractivity contribution in [1.29, 1.82) is 0 Å². The number of halogens is 3. The van der Waals surface area contributed by atoms with Crippen molar-refractivity contribution < 1.29 is 35.2 Å². The maximum Gasteiger partial charge on any atom is 0.523 e. The highest BCUT2D eigenvalue weighted by atomic mass is 32.2. The lowest BCUT2D eigenvalue weighted by molar-refractivity contribution is -0.192. The molecule has 0 bridgehead atoms. The van der Waals surface area contributed by atoms with Crippen LogP contribution in [0.5, 0.6) is 0 Å². The Kier molecular flexibility index (Phi) is 7.88. The van der Waals surface area contributed by atoms with Crippen LogP contribution in [0.15, 0.2) is 60.7 Å². The Morgan fingerprint density at radius 2 is 1.33 bits per heavy atom. The summed E-state index contributed by atoms with van der Waals surface area (Å²) in [4.78, 5) is 0. The van der Waals surface area contributed by atoms with Crippen LogP contribution >= 0.6 is 0 Å². The molecule has 2 aromatic rings. The van der Waals surface area contributed by atoms with E-state index in [-0.39, 0.29) is 25.6 Å². The van der Waals surface area contributed by atoms with Crippen LogP contribution in [0.1, 0.15) is 38.3 Å². The van der Waals surface area contributed by atoms with Crippen molar-refractivity contribution in [2.24, 2.45) is 11.3 Å². The molecule has 4 atom stereocenters. The van der Waals surface area contributed by atoms with Crippen LogP contribution < -0.4 is 0 Å². The third-order valence-corrected chi connectivity index (χ3v) is 7.31. The van der Waals surface area contributed by atoms with Gasteiger partial charge in [0.1, 0.15) is 12.2 Å². The maximum atomic E-state index is 13.1. The van der Waals surface area contributed by atoms with Gasteiger partial charge in [-0.05, 0) is 28.9 Å². The van der Waals surface area contributed by atoms with Gasteiger partial charge in [0.2, 0.25) is 0 Å². The van der Waals surface area contributed by atoms with Crippen molar-refractivity contribution in [3.8, 4) is 0 Å². The Hall–Kier alpha value is -1.94. The van der Waals surface area contributed by atoms with Gasteiger partial charge in [-0.1, -0.05) is 81.4 Å². The molecule has 0 unspecified atom stereocenters. The van der Waals surface area contributed by atoms with E-state index in [9.17, 15) is 21.6 Å². The summed E-state index contributed by atoms with van der Waals surface area (Å²) < 4.78 is 80.0. The monoisotopic (exact) mass is 486 g/mol. The van der Waals surface area contributed by atoms with Gasteiger partial charge >= 0.3 is 15.6 Å². The first-order chi connectivity index (χ1) is 15.4. The SMILES string of the molecule is C[C@@H]1[C@@H](OCc2ccccc2)[C@@H](OCc2ccccc2)[C@@H](OS(=O)(=O)C(F)(F)F)CC1(C)C. The zero-order valence-corrected chi connectivity index (χ0v) is 19.6. The molecule has 0 spiro atoms. The molecule has 1 saturated carbocycles. The summed E-state index contributed by atoms with van der Waals surface area (Å²) in [5.74, 6) is -0.143. The molecule has 0 N–H and O–H groups in total. The molecule has 182 valence electrons. The largest absolute Gasteiger partial charge is 0.523 e. The molecule has 1 aliphatic carbocycles. The number of hydrogen-bond acceptors (Lipinski definition) is 5. The average Bonchev–Trinajstić information content (AvgIpc) is 2.74. The second-order valence-corrected chi connectivity index (χ2v) is 10.6. The third-order valence-electron chi connectivity index (χ3n) is 6.25. The topological polar surface area (TPSA) is 61.8 Å².